The van der Waals surface area contributed by atoms with E-state index in [0.717, 1.165) is 21.3 Å². The maximum absolute atomic E-state index is 12.0. The maximum atomic E-state index is 12.0. The van der Waals surface area contributed by atoms with Crippen LogP contribution in [0.5, 0.6) is 5.75 Å². The Labute approximate surface area is 130 Å². The van der Waals surface area contributed by atoms with Gasteiger partial charge in [0.2, 0.25) is 10.9 Å². The van der Waals surface area contributed by atoms with Crippen molar-refractivity contribution in [2.75, 3.05) is 13.7 Å². The summed E-state index contributed by atoms with van der Waals surface area (Å²) in [5.41, 5.74) is 0.876. The first-order valence-corrected chi connectivity index (χ1v) is 7.62. The molecule has 0 saturated heterocycles. The van der Waals surface area contributed by atoms with Gasteiger partial charge in [0, 0.05) is 18.5 Å². The van der Waals surface area contributed by atoms with Crippen LogP contribution in [-0.4, -0.2) is 39.4 Å². The molecule has 0 atom stereocenters. The number of benzene rings is 1. The second-order valence-electron chi connectivity index (χ2n) is 4.64. The highest BCUT2D eigenvalue weighted by Crippen LogP contribution is 2.17. The normalized spacial score (nSPS) is 10.8. The highest BCUT2D eigenvalue weighted by molar-refractivity contribution is 7.16. The number of aromatic nitrogens is 4. The Kier molecular flexibility index (Phi) is 4.29. The monoisotopic (exact) mass is 317 g/mol. The Hall–Kier alpha value is -2.48. The Bertz CT molecular complexity index is 754. The molecule has 0 aliphatic carbocycles. The summed E-state index contributed by atoms with van der Waals surface area (Å²) in [4.78, 5) is 12.7. The van der Waals surface area contributed by atoms with E-state index in [1.165, 1.54) is 11.3 Å². The molecular weight excluding hydrogens is 302 g/mol. The lowest BCUT2D eigenvalue weighted by Crippen LogP contribution is -2.27. The molecule has 0 bridgehead atoms. The summed E-state index contributed by atoms with van der Waals surface area (Å²) in [7, 11) is 1.60. The summed E-state index contributed by atoms with van der Waals surface area (Å²) in [6.07, 6.45) is 2.54. The van der Waals surface area contributed by atoms with Crippen LogP contribution in [-0.2, 0) is 17.6 Å². The zero-order valence-corrected chi connectivity index (χ0v) is 12.8. The van der Waals surface area contributed by atoms with Gasteiger partial charge in [-0.1, -0.05) is 29.5 Å². The summed E-state index contributed by atoms with van der Waals surface area (Å²) >= 11 is 1.47. The minimum Gasteiger partial charge on any atom is -0.496 e. The molecule has 1 amide bonds. The molecule has 1 aromatic carbocycles. The molecule has 114 valence electrons. The van der Waals surface area contributed by atoms with Gasteiger partial charge in [-0.15, -0.1) is 10.2 Å². The smallest absolute Gasteiger partial charge is 0.234 e. The van der Waals surface area contributed by atoms with E-state index in [2.05, 4.69) is 20.6 Å². The number of fused-ring (bicyclic) bond motifs is 1. The summed E-state index contributed by atoms with van der Waals surface area (Å²) in [6, 6.07) is 7.52. The molecule has 0 saturated carbocycles. The SMILES string of the molecule is COc1ccccc1CC(=O)NCCc1nn2cnnc2s1. The van der Waals surface area contributed by atoms with Crippen molar-refractivity contribution < 1.29 is 9.53 Å². The zero-order valence-electron chi connectivity index (χ0n) is 12.0. The van der Waals surface area contributed by atoms with Crippen LogP contribution in [0.1, 0.15) is 10.6 Å². The van der Waals surface area contributed by atoms with E-state index in [1.54, 1.807) is 18.0 Å². The van der Waals surface area contributed by atoms with Gasteiger partial charge >= 0.3 is 0 Å². The minimum atomic E-state index is -0.0347. The van der Waals surface area contributed by atoms with Crippen molar-refractivity contribution in [2.24, 2.45) is 0 Å². The first kappa shape index (κ1) is 14.5. The van der Waals surface area contributed by atoms with Crippen molar-refractivity contribution in [2.45, 2.75) is 12.8 Å². The third-order valence-electron chi connectivity index (χ3n) is 3.13. The molecule has 7 nitrogen and oxygen atoms in total. The summed E-state index contributed by atoms with van der Waals surface area (Å²) in [5, 5.41) is 15.8. The Balaban J connectivity index is 1.51. The number of carbonyl (C=O) groups is 1. The minimum absolute atomic E-state index is 0.0347. The molecule has 0 aliphatic heterocycles. The van der Waals surface area contributed by atoms with Crippen molar-refractivity contribution in [3.05, 3.63) is 41.2 Å². The third kappa shape index (κ3) is 3.22. The largest absolute Gasteiger partial charge is 0.496 e. The first-order valence-electron chi connectivity index (χ1n) is 6.80. The Morgan fingerprint density at radius 3 is 3.09 bits per heavy atom. The third-order valence-corrected chi connectivity index (χ3v) is 4.11. The van der Waals surface area contributed by atoms with Gasteiger partial charge in [0.1, 0.15) is 17.1 Å². The first-order chi connectivity index (χ1) is 10.8. The summed E-state index contributed by atoms with van der Waals surface area (Å²) in [5.74, 6) is 0.693. The fraction of sp³-hybridized carbons (Fsp3) is 0.286. The van der Waals surface area contributed by atoms with Crippen molar-refractivity contribution in [1.29, 1.82) is 0 Å². The molecule has 2 aromatic heterocycles. The van der Waals surface area contributed by atoms with E-state index >= 15 is 0 Å². The predicted octanol–water partition coefficient (Wildman–Crippen LogP) is 1.10. The van der Waals surface area contributed by atoms with Crippen LogP contribution < -0.4 is 10.1 Å². The van der Waals surface area contributed by atoms with Crippen molar-refractivity contribution in [3.63, 3.8) is 0 Å². The molecule has 0 aliphatic rings. The maximum Gasteiger partial charge on any atom is 0.234 e. The van der Waals surface area contributed by atoms with E-state index in [4.69, 9.17) is 4.74 Å². The number of nitrogens with one attached hydrogen (secondary N) is 1. The van der Waals surface area contributed by atoms with Crippen LogP contribution in [0.4, 0.5) is 0 Å². The molecule has 3 rings (SSSR count). The Morgan fingerprint density at radius 1 is 1.41 bits per heavy atom. The Morgan fingerprint density at radius 2 is 2.27 bits per heavy atom. The van der Waals surface area contributed by atoms with E-state index < -0.39 is 0 Å². The molecule has 0 spiro atoms. The lowest BCUT2D eigenvalue weighted by molar-refractivity contribution is -0.120. The number of ether oxygens (including phenoxy) is 1. The topological polar surface area (TPSA) is 81.4 Å². The quantitative estimate of drug-likeness (QED) is 0.736. The number of rotatable bonds is 6. The summed E-state index contributed by atoms with van der Waals surface area (Å²) in [6.45, 7) is 0.540. The fourth-order valence-corrected chi connectivity index (χ4v) is 2.91. The highest BCUT2D eigenvalue weighted by Gasteiger charge is 2.09. The van der Waals surface area contributed by atoms with E-state index in [-0.39, 0.29) is 5.91 Å². The fourth-order valence-electron chi connectivity index (χ4n) is 2.10. The number of methoxy groups -OCH3 is 1. The number of para-hydroxylation sites is 1. The van der Waals surface area contributed by atoms with Crippen molar-refractivity contribution in [3.8, 4) is 5.75 Å². The van der Waals surface area contributed by atoms with Crippen molar-refractivity contribution >= 4 is 22.2 Å². The molecule has 8 heteroatoms. The zero-order chi connectivity index (χ0) is 15.4. The van der Waals surface area contributed by atoms with Gasteiger partial charge in [0.05, 0.1) is 13.5 Å². The van der Waals surface area contributed by atoms with Gasteiger partial charge in [-0.2, -0.15) is 9.61 Å². The number of amides is 1. The predicted molar refractivity (Wildman–Crippen MR) is 82.1 cm³/mol. The van der Waals surface area contributed by atoms with Gasteiger partial charge in [0.15, 0.2) is 0 Å². The van der Waals surface area contributed by atoms with Crippen LogP contribution >= 0.6 is 11.3 Å². The molecule has 0 fully saturated rings. The van der Waals surface area contributed by atoms with Crippen LogP contribution in [0, 0.1) is 0 Å². The highest BCUT2D eigenvalue weighted by atomic mass is 32.1. The standard InChI is InChI=1S/C14H15N5O2S/c1-21-11-5-3-2-4-10(11)8-12(20)15-7-6-13-18-19-9-16-17-14(19)22-13/h2-5,9H,6-8H2,1H3,(H,15,20). The number of hydrogen-bond donors (Lipinski definition) is 1. The van der Waals surface area contributed by atoms with Gasteiger partial charge in [-0.3, -0.25) is 4.79 Å². The second kappa shape index (κ2) is 6.52. The van der Waals surface area contributed by atoms with E-state index in [1.807, 2.05) is 24.3 Å². The lowest BCUT2D eigenvalue weighted by atomic mass is 10.1. The average molecular weight is 317 g/mol. The number of carbonyl (C=O) groups excluding carboxylic acids is 1. The molecule has 1 N–H and O–H groups in total. The molecule has 3 aromatic rings. The molecular formula is C14H15N5O2S. The van der Waals surface area contributed by atoms with E-state index in [0.29, 0.717) is 19.4 Å². The van der Waals surface area contributed by atoms with Gasteiger partial charge in [0.25, 0.3) is 0 Å². The van der Waals surface area contributed by atoms with Crippen molar-refractivity contribution in [1.82, 2.24) is 25.1 Å². The second-order valence-corrected chi connectivity index (χ2v) is 5.68. The average Bonchev–Trinajstić information content (AvgIpc) is 3.09. The van der Waals surface area contributed by atoms with Crippen LogP contribution in [0.2, 0.25) is 0 Å². The molecule has 0 radical (unpaired) electrons. The number of nitrogens with zero attached hydrogens (tertiary/aromatic N) is 4. The molecule has 0 unspecified atom stereocenters. The van der Waals surface area contributed by atoms with E-state index in [9.17, 15) is 4.79 Å². The molecule has 22 heavy (non-hydrogen) atoms. The van der Waals surface area contributed by atoms with Crippen LogP contribution in [0.3, 0.4) is 0 Å². The van der Waals surface area contributed by atoms with Gasteiger partial charge in [-0.05, 0) is 6.07 Å². The summed E-state index contributed by atoms with van der Waals surface area (Å²) < 4.78 is 6.88. The number of hydrogen-bond acceptors (Lipinski definition) is 6. The molecule has 2 heterocycles. The van der Waals surface area contributed by atoms with Gasteiger partial charge < -0.3 is 10.1 Å². The van der Waals surface area contributed by atoms with Crippen LogP contribution in [0.25, 0.3) is 4.96 Å². The van der Waals surface area contributed by atoms with Gasteiger partial charge in [-0.25, -0.2) is 0 Å². The van der Waals surface area contributed by atoms with Crippen LogP contribution in [0.15, 0.2) is 30.6 Å². The lowest BCUT2D eigenvalue weighted by Gasteiger charge is -2.08.